The lowest BCUT2D eigenvalue weighted by Gasteiger charge is -2.05. The van der Waals surface area contributed by atoms with E-state index in [1.165, 1.54) is 0 Å². The fourth-order valence-electron chi connectivity index (χ4n) is 1.29. The van der Waals surface area contributed by atoms with E-state index in [1.54, 1.807) is 32.9 Å². The van der Waals surface area contributed by atoms with Gasteiger partial charge in [-0.15, -0.1) is 0 Å². The molecule has 0 aliphatic rings. The van der Waals surface area contributed by atoms with Crippen LogP contribution in [0, 0.1) is 6.92 Å². The molecule has 0 N–H and O–H groups in total. The maximum absolute atomic E-state index is 11.5. The molecule has 0 saturated carbocycles. The van der Waals surface area contributed by atoms with Crippen LogP contribution in [0.15, 0.2) is 12.1 Å². The van der Waals surface area contributed by atoms with E-state index in [0.29, 0.717) is 0 Å². The van der Waals surface area contributed by atoms with Crippen LogP contribution in [0.2, 0.25) is 0 Å². The van der Waals surface area contributed by atoms with Crippen LogP contribution in [0.1, 0.15) is 40.4 Å². The van der Waals surface area contributed by atoms with Gasteiger partial charge in [0.1, 0.15) is 11.4 Å². The van der Waals surface area contributed by atoms with Gasteiger partial charge in [-0.2, -0.15) is 0 Å². The number of aryl methyl sites for hydroxylation is 1. The van der Waals surface area contributed by atoms with E-state index >= 15 is 0 Å². The number of hydrogen-bond donors (Lipinski definition) is 0. The Morgan fingerprint density at radius 2 is 1.47 bits per heavy atom. The third kappa shape index (κ3) is 3.55. The van der Waals surface area contributed by atoms with Crippen molar-refractivity contribution in [2.75, 3.05) is 13.2 Å². The second kappa shape index (κ2) is 5.98. The highest BCUT2D eigenvalue weighted by Crippen LogP contribution is 2.08. The molecule has 1 rings (SSSR count). The number of pyridine rings is 1. The quantitative estimate of drug-likeness (QED) is 0.746. The second-order valence-electron chi connectivity index (χ2n) is 3.36. The summed E-state index contributed by atoms with van der Waals surface area (Å²) in [6.07, 6.45) is 0. The molecule has 0 amide bonds. The van der Waals surface area contributed by atoms with Crippen LogP contribution >= 0.6 is 0 Å². The number of nitrogens with zero attached hydrogens (tertiary/aromatic N) is 1. The molecule has 17 heavy (non-hydrogen) atoms. The first-order chi connectivity index (χ1) is 8.08. The van der Waals surface area contributed by atoms with E-state index in [2.05, 4.69) is 4.98 Å². The predicted molar refractivity (Wildman–Crippen MR) is 60.9 cm³/mol. The Hall–Kier alpha value is -1.91. The molecule has 0 bridgehead atoms. The molecule has 5 heteroatoms. The maximum atomic E-state index is 11.5. The molecule has 0 spiro atoms. The van der Waals surface area contributed by atoms with Gasteiger partial charge in [-0.3, -0.25) is 0 Å². The molecule has 0 aliphatic carbocycles. The lowest BCUT2D eigenvalue weighted by molar-refractivity contribution is 0.0511. The van der Waals surface area contributed by atoms with Gasteiger partial charge in [-0.1, -0.05) is 0 Å². The summed E-state index contributed by atoms with van der Waals surface area (Å²) < 4.78 is 9.65. The van der Waals surface area contributed by atoms with Crippen molar-refractivity contribution in [1.82, 2.24) is 4.98 Å². The van der Waals surface area contributed by atoms with Crippen molar-refractivity contribution in [3.05, 3.63) is 29.1 Å². The Labute approximate surface area is 99.8 Å². The lowest BCUT2D eigenvalue weighted by Crippen LogP contribution is -2.13. The summed E-state index contributed by atoms with van der Waals surface area (Å²) in [5.74, 6) is -1.08. The molecular weight excluding hydrogens is 222 g/mol. The van der Waals surface area contributed by atoms with Gasteiger partial charge >= 0.3 is 11.9 Å². The van der Waals surface area contributed by atoms with Gasteiger partial charge in [0, 0.05) is 0 Å². The smallest absolute Gasteiger partial charge is 0.356 e. The Kier molecular flexibility index (Phi) is 4.63. The van der Waals surface area contributed by atoms with Gasteiger partial charge in [-0.25, -0.2) is 14.6 Å². The van der Waals surface area contributed by atoms with Gasteiger partial charge in [0.15, 0.2) is 0 Å². The Bertz CT molecular complexity index is 392. The zero-order chi connectivity index (χ0) is 12.8. The molecule has 1 aromatic rings. The van der Waals surface area contributed by atoms with Gasteiger partial charge in [-0.05, 0) is 38.5 Å². The van der Waals surface area contributed by atoms with E-state index in [-0.39, 0.29) is 24.6 Å². The summed E-state index contributed by atoms with van der Waals surface area (Å²) >= 11 is 0. The molecule has 0 saturated heterocycles. The Balaban J connectivity index is 3.01. The summed E-state index contributed by atoms with van der Waals surface area (Å²) in [4.78, 5) is 26.9. The van der Waals surface area contributed by atoms with Crippen molar-refractivity contribution < 1.29 is 19.1 Å². The first-order valence-electron chi connectivity index (χ1n) is 5.41. The van der Waals surface area contributed by atoms with Crippen LogP contribution in [-0.2, 0) is 9.47 Å². The molecule has 0 aromatic carbocycles. The van der Waals surface area contributed by atoms with E-state index in [0.717, 1.165) is 5.56 Å². The Morgan fingerprint density at radius 3 is 1.82 bits per heavy atom. The largest absolute Gasteiger partial charge is 0.461 e. The number of hydrogen-bond acceptors (Lipinski definition) is 5. The SMILES string of the molecule is CCOC(=O)c1cc(C)cc(C(=O)OCC)n1. The third-order valence-electron chi connectivity index (χ3n) is 1.94. The number of ether oxygens (including phenoxy) is 2. The molecule has 0 radical (unpaired) electrons. The standard InChI is InChI=1S/C12H15NO4/c1-4-16-11(14)9-6-8(3)7-10(13-9)12(15)17-5-2/h6-7H,4-5H2,1-3H3. The third-order valence-corrected chi connectivity index (χ3v) is 1.94. The number of carbonyl (C=O) groups excluding carboxylic acids is 2. The highest BCUT2D eigenvalue weighted by molar-refractivity contribution is 5.91. The van der Waals surface area contributed by atoms with Crippen molar-refractivity contribution in [1.29, 1.82) is 0 Å². The van der Waals surface area contributed by atoms with Gasteiger partial charge < -0.3 is 9.47 Å². The van der Waals surface area contributed by atoms with E-state index < -0.39 is 11.9 Å². The predicted octanol–water partition coefficient (Wildman–Crippen LogP) is 1.74. The highest BCUT2D eigenvalue weighted by atomic mass is 16.5. The number of esters is 2. The fourth-order valence-corrected chi connectivity index (χ4v) is 1.29. The van der Waals surface area contributed by atoms with Crippen LogP contribution in [0.3, 0.4) is 0 Å². The van der Waals surface area contributed by atoms with Crippen LogP contribution < -0.4 is 0 Å². The minimum absolute atomic E-state index is 0.120. The summed E-state index contributed by atoms with van der Waals surface area (Å²) in [5.41, 5.74) is 0.996. The Morgan fingerprint density at radius 1 is 1.06 bits per heavy atom. The zero-order valence-corrected chi connectivity index (χ0v) is 10.1. The van der Waals surface area contributed by atoms with Gasteiger partial charge in [0.05, 0.1) is 13.2 Å². The average Bonchev–Trinajstić information content (AvgIpc) is 2.29. The van der Waals surface area contributed by atoms with Crippen molar-refractivity contribution in [3.63, 3.8) is 0 Å². The topological polar surface area (TPSA) is 65.5 Å². The second-order valence-corrected chi connectivity index (χ2v) is 3.36. The molecule has 0 fully saturated rings. The van der Waals surface area contributed by atoms with Crippen LogP contribution in [-0.4, -0.2) is 30.1 Å². The fraction of sp³-hybridized carbons (Fsp3) is 0.417. The van der Waals surface area contributed by atoms with Crippen LogP contribution in [0.25, 0.3) is 0 Å². The molecular formula is C12H15NO4. The average molecular weight is 237 g/mol. The van der Waals surface area contributed by atoms with E-state index in [9.17, 15) is 9.59 Å². The summed E-state index contributed by atoms with van der Waals surface area (Å²) in [7, 11) is 0. The van der Waals surface area contributed by atoms with E-state index in [4.69, 9.17) is 9.47 Å². The molecule has 0 atom stereocenters. The van der Waals surface area contributed by atoms with Crippen molar-refractivity contribution in [2.24, 2.45) is 0 Å². The van der Waals surface area contributed by atoms with E-state index in [1.807, 2.05) is 0 Å². The monoisotopic (exact) mass is 237 g/mol. The maximum Gasteiger partial charge on any atom is 0.356 e. The van der Waals surface area contributed by atoms with Crippen LogP contribution in [0.5, 0.6) is 0 Å². The summed E-state index contributed by atoms with van der Waals surface area (Å²) in [6, 6.07) is 3.14. The van der Waals surface area contributed by atoms with Crippen molar-refractivity contribution in [3.8, 4) is 0 Å². The first-order valence-corrected chi connectivity index (χ1v) is 5.41. The summed E-state index contributed by atoms with van der Waals surface area (Å²) in [5, 5.41) is 0. The molecule has 0 unspecified atom stereocenters. The van der Waals surface area contributed by atoms with Crippen molar-refractivity contribution >= 4 is 11.9 Å². The first kappa shape index (κ1) is 13.2. The molecule has 0 aliphatic heterocycles. The lowest BCUT2D eigenvalue weighted by atomic mass is 10.2. The van der Waals surface area contributed by atoms with Gasteiger partial charge in [0.25, 0.3) is 0 Å². The van der Waals surface area contributed by atoms with Crippen LogP contribution in [0.4, 0.5) is 0 Å². The molecule has 1 aromatic heterocycles. The summed E-state index contributed by atoms with van der Waals surface area (Å²) in [6.45, 7) is 5.72. The molecule has 5 nitrogen and oxygen atoms in total. The number of rotatable bonds is 4. The number of aromatic nitrogens is 1. The normalized spacial score (nSPS) is 9.82. The minimum Gasteiger partial charge on any atom is -0.461 e. The van der Waals surface area contributed by atoms with Gasteiger partial charge in [0.2, 0.25) is 0 Å². The molecule has 1 heterocycles. The minimum atomic E-state index is -0.540. The molecule has 92 valence electrons. The highest BCUT2D eigenvalue weighted by Gasteiger charge is 2.15. The number of carbonyl (C=O) groups is 2. The van der Waals surface area contributed by atoms with Crippen molar-refractivity contribution in [2.45, 2.75) is 20.8 Å². The zero-order valence-electron chi connectivity index (χ0n) is 10.1.